The highest BCUT2D eigenvalue weighted by Gasteiger charge is 2.07. The third kappa shape index (κ3) is 11.9. The van der Waals surface area contributed by atoms with Crippen LogP contribution in [0.3, 0.4) is 0 Å². The Bertz CT molecular complexity index is 2510. The molecule has 14 heteroatoms. The number of aryl methyl sites for hydroxylation is 2. The Morgan fingerprint density at radius 1 is 0.636 bits per heavy atom. The topological polar surface area (TPSA) is 137 Å². The van der Waals surface area contributed by atoms with Gasteiger partial charge in [-0.3, -0.25) is 0 Å². The molecule has 55 heavy (non-hydrogen) atoms. The summed E-state index contributed by atoms with van der Waals surface area (Å²) in [5, 5.41) is 18.6. The molecule has 0 radical (unpaired) electrons. The molecule has 0 amide bonds. The number of anilines is 4. The Balaban J connectivity index is 0.000000171. The second-order valence-electron chi connectivity index (χ2n) is 12.6. The lowest BCUT2D eigenvalue weighted by molar-refractivity contribution is 0.414. The Kier molecular flexibility index (Phi) is 13.6. The molecule has 5 N–H and O–H groups in total. The minimum absolute atomic E-state index is 0.252. The number of halogens is 3. The number of benzene rings is 4. The second-order valence-corrected chi connectivity index (χ2v) is 19.0. The van der Waals surface area contributed by atoms with Gasteiger partial charge in [-0.2, -0.15) is 0 Å². The van der Waals surface area contributed by atoms with Crippen LogP contribution in [0.15, 0.2) is 122 Å². The molecule has 0 saturated carbocycles. The molecule has 10 nitrogen and oxygen atoms in total. The van der Waals surface area contributed by atoms with E-state index in [1.54, 1.807) is 31.6 Å². The summed E-state index contributed by atoms with van der Waals surface area (Å²) in [5.74, 6) is 4.09. The van der Waals surface area contributed by atoms with Crippen molar-refractivity contribution in [2.45, 2.75) is 26.7 Å². The molecule has 4 aromatic heterocycles. The molecule has 0 spiro atoms. The van der Waals surface area contributed by atoms with Crippen LogP contribution < -0.4 is 15.4 Å². The largest absolute Gasteiger partial charge is 0.508 e. The number of hydrogen-bond donors (Lipinski definition) is 5. The number of nitrogens with one attached hydrogen (secondary N) is 4. The van der Waals surface area contributed by atoms with Gasteiger partial charge in [0.2, 0.25) is 0 Å². The van der Waals surface area contributed by atoms with Gasteiger partial charge in [0.25, 0.3) is 0 Å². The summed E-state index contributed by atoms with van der Waals surface area (Å²) in [5.41, 5.74) is 8.62. The fourth-order valence-corrected chi connectivity index (χ4v) is 5.93. The number of nitrogens with zero attached hydrogens (tertiary/aromatic N) is 4. The number of aromatic nitrogens is 6. The van der Waals surface area contributed by atoms with Gasteiger partial charge in [-0.05, 0) is 110 Å². The molecule has 0 fully saturated rings. The fourth-order valence-electron chi connectivity index (χ4n) is 5.93. The van der Waals surface area contributed by atoms with Gasteiger partial charge in [-0.1, -0.05) is 24.3 Å². The van der Waals surface area contributed by atoms with E-state index >= 15 is 0 Å². The summed E-state index contributed by atoms with van der Waals surface area (Å²) in [4.78, 5) is 24.6. The molecular weight excluding hydrogens is 887 g/mol. The lowest BCUT2D eigenvalue weighted by Crippen LogP contribution is -2.00. The van der Waals surface area contributed by atoms with E-state index in [9.17, 15) is 5.11 Å². The normalized spacial score (nSPS) is 10.6. The van der Waals surface area contributed by atoms with E-state index in [0.29, 0.717) is 18.7 Å². The van der Waals surface area contributed by atoms with Crippen LogP contribution in [0.1, 0.15) is 34.2 Å². The van der Waals surface area contributed by atoms with Crippen LogP contribution in [-0.4, -0.2) is 45.3 Å². The quantitative estimate of drug-likeness (QED) is 0.0903. The maximum atomic E-state index is 9.57. The van der Waals surface area contributed by atoms with Crippen molar-refractivity contribution in [2.75, 3.05) is 17.7 Å². The molecule has 278 valence electrons. The van der Waals surface area contributed by atoms with Crippen LogP contribution in [0, 0.1) is 13.8 Å². The van der Waals surface area contributed by atoms with Gasteiger partial charge >= 0.3 is 3.18 Å². The zero-order valence-corrected chi connectivity index (χ0v) is 35.1. The van der Waals surface area contributed by atoms with Crippen molar-refractivity contribution >= 4 is 95.3 Å². The minimum atomic E-state index is 0.252. The summed E-state index contributed by atoms with van der Waals surface area (Å²) < 4.78 is 5.55. The molecule has 0 aliphatic heterocycles. The molecule has 0 atom stereocenters. The Hall–Kier alpha value is -5.18. The van der Waals surface area contributed by atoms with E-state index < -0.39 is 0 Å². The van der Waals surface area contributed by atoms with Crippen molar-refractivity contribution in [1.29, 1.82) is 0 Å². The van der Waals surface area contributed by atoms with Crippen molar-refractivity contribution in [2.24, 2.45) is 0 Å². The van der Waals surface area contributed by atoms with Crippen molar-refractivity contribution in [3.63, 3.8) is 0 Å². The predicted octanol–water partition coefficient (Wildman–Crippen LogP) is 11.1. The highest BCUT2D eigenvalue weighted by atomic mass is 79.9. The van der Waals surface area contributed by atoms with Gasteiger partial charge in [0.05, 0.1) is 7.11 Å². The van der Waals surface area contributed by atoms with Gasteiger partial charge in [-0.25, -0.2) is 19.9 Å². The number of methoxy groups -OCH3 is 1. The first kappa shape index (κ1) is 39.5. The van der Waals surface area contributed by atoms with E-state index in [1.165, 1.54) is 5.39 Å². The summed E-state index contributed by atoms with van der Waals surface area (Å²) in [6.07, 6.45) is 4.75. The van der Waals surface area contributed by atoms with Gasteiger partial charge in [-0.15, -0.1) is 47.3 Å². The monoisotopic (exact) mass is 922 g/mol. The Labute approximate surface area is 344 Å². The first-order valence-electron chi connectivity index (χ1n) is 17.3. The fraction of sp³-hybridized carbons (Fsp3) is 0.122. The maximum Gasteiger partial charge on any atom is 0.369 e. The lowest BCUT2D eigenvalue weighted by atomic mass is 10.1. The number of phenolic OH excluding ortho intramolecular Hbond substituents is 1. The van der Waals surface area contributed by atoms with E-state index in [-0.39, 0.29) is 8.93 Å². The maximum absolute atomic E-state index is 9.57. The third-order valence-corrected chi connectivity index (χ3v) is 8.24. The lowest BCUT2D eigenvalue weighted by Gasteiger charge is -2.08. The summed E-state index contributed by atoms with van der Waals surface area (Å²) in [7, 11) is 1.67. The zero-order chi connectivity index (χ0) is 38.7. The van der Waals surface area contributed by atoms with Gasteiger partial charge in [0.1, 0.15) is 34.8 Å². The molecule has 0 bridgehead atoms. The minimum Gasteiger partial charge on any atom is -0.508 e. The van der Waals surface area contributed by atoms with Crippen LogP contribution in [0.5, 0.6) is 11.5 Å². The smallest absolute Gasteiger partial charge is 0.369 e. The Morgan fingerprint density at radius 3 is 1.62 bits per heavy atom. The van der Waals surface area contributed by atoms with Gasteiger partial charge < -0.3 is 30.4 Å². The first-order chi connectivity index (χ1) is 26.6. The SMILES string of the molecule is BrB(Br)Br.COc1cccc(Cc2nccc(Nc3ccc4[nH]c(C)cc4c3)n2)c1.Cc1cc2cc(Nc3ccnc(Cc4cccc(O)c4)n3)ccc2[nH]1. The second kappa shape index (κ2) is 18.9. The average Bonchev–Trinajstić information content (AvgIpc) is 3.72. The highest BCUT2D eigenvalue weighted by Crippen LogP contribution is 2.24. The molecule has 0 aliphatic carbocycles. The van der Waals surface area contributed by atoms with E-state index in [4.69, 9.17) is 4.74 Å². The number of ether oxygens (including phenoxy) is 1. The molecular formula is C41H38BBr3N8O2. The van der Waals surface area contributed by atoms with Crippen LogP contribution in [0.2, 0.25) is 0 Å². The number of aromatic hydroxyl groups is 1. The summed E-state index contributed by atoms with van der Waals surface area (Å²) in [6, 6.07) is 35.5. The van der Waals surface area contributed by atoms with Crippen molar-refractivity contribution in [3.8, 4) is 11.5 Å². The molecule has 8 aromatic rings. The van der Waals surface area contributed by atoms with Crippen molar-refractivity contribution in [3.05, 3.63) is 156 Å². The summed E-state index contributed by atoms with van der Waals surface area (Å²) in [6.45, 7) is 4.10. The van der Waals surface area contributed by atoms with Gasteiger partial charge in [0.15, 0.2) is 0 Å². The molecule has 0 aliphatic rings. The van der Waals surface area contributed by atoms with E-state index in [2.05, 4.69) is 131 Å². The molecule has 4 heterocycles. The van der Waals surface area contributed by atoms with Gasteiger partial charge in [0, 0.05) is 69.8 Å². The summed E-state index contributed by atoms with van der Waals surface area (Å²) >= 11 is 9.31. The number of hydrogen-bond acceptors (Lipinski definition) is 8. The number of fused-ring (bicyclic) bond motifs is 2. The molecule has 0 saturated heterocycles. The average molecular weight is 925 g/mol. The predicted molar refractivity (Wildman–Crippen MR) is 236 cm³/mol. The number of phenols is 1. The van der Waals surface area contributed by atoms with Crippen LogP contribution >= 0.6 is 47.3 Å². The number of aromatic amines is 2. The number of rotatable bonds is 9. The standard InChI is InChI=1S/C21H20N4O.C20H18N4O.BBr3/c1-14-10-16-13-17(6-7-19(16)23-14)24-20-8-9-22-21(25-20)12-15-4-3-5-18(11-15)26-2;1-13-9-15-12-16(5-6-18(15)22-13)23-19-7-8-21-20(24-19)11-14-3-2-4-17(25)10-14;2-1(3)4/h3-11,13,23H,12H2,1-2H3,(H,22,24,25);2-10,12,22,25H,11H2,1H3,(H,21,23,24);. The van der Waals surface area contributed by atoms with E-state index in [1.807, 2.05) is 67.6 Å². The van der Waals surface area contributed by atoms with Crippen molar-refractivity contribution in [1.82, 2.24) is 29.9 Å². The highest BCUT2D eigenvalue weighted by molar-refractivity contribution is 9.69. The third-order valence-electron chi connectivity index (χ3n) is 8.24. The van der Waals surface area contributed by atoms with Crippen LogP contribution in [0.25, 0.3) is 21.8 Å². The van der Waals surface area contributed by atoms with E-state index in [0.717, 1.165) is 73.5 Å². The van der Waals surface area contributed by atoms with Crippen LogP contribution in [0.4, 0.5) is 23.0 Å². The Morgan fingerprint density at radius 2 is 1.13 bits per heavy atom. The number of H-pyrrole nitrogens is 2. The molecule has 8 rings (SSSR count). The molecule has 0 unspecified atom stereocenters. The van der Waals surface area contributed by atoms with Crippen molar-refractivity contribution < 1.29 is 9.84 Å². The van der Waals surface area contributed by atoms with Crippen LogP contribution in [-0.2, 0) is 12.8 Å². The first-order valence-corrected chi connectivity index (χ1v) is 20.0. The molecule has 4 aromatic carbocycles. The zero-order valence-electron chi connectivity index (χ0n) is 30.3.